The first-order chi connectivity index (χ1) is 14.6. The Kier molecular flexibility index (Phi) is 7.74. The molecular weight excluding hydrogens is 398 g/mol. The summed E-state index contributed by atoms with van der Waals surface area (Å²) in [6, 6.07) is 23.6. The predicted octanol–water partition coefficient (Wildman–Crippen LogP) is 5.46. The average molecular weight is 422 g/mol. The van der Waals surface area contributed by atoms with Gasteiger partial charge in [-0.3, -0.25) is 4.79 Å². The summed E-state index contributed by atoms with van der Waals surface area (Å²) in [5, 5.41) is 8.42. The second-order valence-corrected chi connectivity index (χ2v) is 7.28. The van der Waals surface area contributed by atoms with E-state index in [0.29, 0.717) is 23.7 Å². The van der Waals surface area contributed by atoms with Crippen molar-refractivity contribution in [1.82, 2.24) is 0 Å². The molecule has 0 radical (unpaired) electrons. The zero-order valence-corrected chi connectivity index (χ0v) is 17.4. The Morgan fingerprint density at radius 3 is 2.13 bits per heavy atom. The SMILES string of the molecule is CCOc1ccccc1NC(=O)CSc1ccc(NC(=O)Nc2ccccc2)cc1. The number of hydrogen-bond donors (Lipinski definition) is 3. The third-order valence-corrected chi connectivity index (χ3v) is 4.99. The number of carbonyl (C=O) groups excluding carboxylic acids is 2. The highest BCUT2D eigenvalue weighted by atomic mass is 32.2. The normalized spacial score (nSPS) is 10.2. The smallest absolute Gasteiger partial charge is 0.323 e. The van der Waals surface area contributed by atoms with E-state index >= 15 is 0 Å². The van der Waals surface area contributed by atoms with Gasteiger partial charge in [-0.25, -0.2) is 4.79 Å². The molecule has 0 aliphatic rings. The van der Waals surface area contributed by atoms with E-state index in [9.17, 15) is 9.59 Å². The Labute approximate surface area is 180 Å². The van der Waals surface area contributed by atoms with E-state index in [1.807, 2.05) is 73.7 Å². The average Bonchev–Trinajstić information content (AvgIpc) is 2.75. The van der Waals surface area contributed by atoms with Gasteiger partial charge in [-0.1, -0.05) is 30.3 Å². The maximum atomic E-state index is 12.3. The Balaban J connectivity index is 1.47. The highest BCUT2D eigenvalue weighted by Crippen LogP contribution is 2.25. The molecule has 0 aliphatic carbocycles. The lowest BCUT2D eigenvalue weighted by atomic mass is 10.3. The van der Waals surface area contributed by atoms with Gasteiger partial charge in [0, 0.05) is 16.3 Å². The van der Waals surface area contributed by atoms with Crippen LogP contribution in [0.25, 0.3) is 0 Å². The zero-order chi connectivity index (χ0) is 21.2. The molecule has 0 saturated heterocycles. The maximum absolute atomic E-state index is 12.3. The molecule has 0 aliphatic heterocycles. The number of amides is 3. The molecule has 3 aromatic rings. The maximum Gasteiger partial charge on any atom is 0.323 e. The summed E-state index contributed by atoms with van der Waals surface area (Å²) in [5.41, 5.74) is 2.05. The van der Waals surface area contributed by atoms with E-state index in [1.165, 1.54) is 11.8 Å². The topological polar surface area (TPSA) is 79.5 Å². The van der Waals surface area contributed by atoms with Crippen molar-refractivity contribution in [2.75, 3.05) is 28.3 Å². The van der Waals surface area contributed by atoms with E-state index in [0.717, 1.165) is 10.6 Å². The van der Waals surface area contributed by atoms with Crippen LogP contribution in [0.4, 0.5) is 21.9 Å². The second-order valence-electron chi connectivity index (χ2n) is 6.24. The van der Waals surface area contributed by atoms with Gasteiger partial charge in [0.05, 0.1) is 18.0 Å². The number of urea groups is 1. The Morgan fingerprint density at radius 2 is 1.43 bits per heavy atom. The summed E-state index contributed by atoms with van der Waals surface area (Å²) in [7, 11) is 0. The van der Waals surface area contributed by atoms with Crippen LogP contribution in [0.2, 0.25) is 0 Å². The molecule has 0 bridgehead atoms. The van der Waals surface area contributed by atoms with Crippen molar-refractivity contribution in [3.8, 4) is 5.75 Å². The predicted molar refractivity (Wildman–Crippen MR) is 122 cm³/mol. The molecule has 0 atom stereocenters. The molecule has 0 saturated carbocycles. The van der Waals surface area contributed by atoms with Gasteiger partial charge in [-0.05, 0) is 55.5 Å². The summed E-state index contributed by atoms with van der Waals surface area (Å²) in [6.07, 6.45) is 0. The molecule has 6 nitrogen and oxygen atoms in total. The highest BCUT2D eigenvalue weighted by Gasteiger charge is 2.08. The van der Waals surface area contributed by atoms with Crippen LogP contribution in [0.15, 0.2) is 83.8 Å². The number of hydrogen-bond acceptors (Lipinski definition) is 4. The molecule has 3 N–H and O–H groups in total. The molecule has 3 amide bonds. The third kappa shape index (κ3) is 6.56. The van der Waals surface area contributed by atoms with Crippen LogP contribution in [0.1, 0.15) is 6.92 Å². The molecular formula is C23H23N3O3S. The first-order valence-corrected chi connectivity index (χ1v) is 10.5. The quantitative estimate of drug-likeness (QED) is 0.422. The van der Waals surface area contributed by atoms with Crippen molar-refractivity contribution in [2.45, 2.75) is 11.8 Å². The summed E-state index contributed by atoms with van der Waals surface area (Å²) in [6.45, 7) is 2.43. The van der Waals surface area contributed by atoms with Crippen LogP contribution in [-0.4, -0.2) is 24.3 Å². The minimum atomic E-state index is -0.311. The summed E-state index contributed by atoms with van der Waals surface area (Å²) in [4.78, 5) is 25.2. The van der Waals surface area contributed by atoms with Crippen LogP contribution in [-0.2, 0) is 4.79 Å². The molecule has 154 valence electrons. The van der Waals surface area contributed by atoms with Crippen LogP contribution in [0.3, 0.4) is 0 Å². The number of benzene rings is 3. The van der Waals surface area contributed by atoms with Crippen molar-refractivity contribution >= 4 is 40.8 Å². The fourth-order valence-electron chi connectivity index (χ4n) is 2.64. The number of ether oxygens (including phenoxy) is 1. The van der Waals surface area contributed by atoms with Gasteiger partial charge in [0.2, 0.25) is 5.91 Å². The Hall–Kier alpha value is -3.45. The lowest BCUT2D eigenvalue weighted by molar-refractivity contribution is -0.113. The summed E-state index contributed by atoms with van der Waals surface area (Å²) < 4.78 is 5.52. The lowest BCUT2D eigenvalue weighted by Gasteiger charge is -2.11. The van der Waals surface area contributed by atoms with Crippen molar-refractivity contribution in [3.63, 3.8) is 0 Å². The first-order valence-electron chi connectivity index (χ1n) is 9.51. The van der Waals surface area contributed by atoms with Gasteiger partial charge in [0.25, 0.3) is 0 Å². The number of thioether (sulfide) groups is 1. The van der Waals surface area contributed by atoms with Crippen LogP contribution < -0.4 is 20.7 Å². The molecule has 0 spiro atoms. The van der Waals surface area contributed by atoms with Gasteiger partial charge >= 0.3 is 6.03 Å². The number of rotatable bonds is 8. The van der Waals surface area contributed by atoms with Crippen LogP contribution >= 0.6 is 11.8 Å². The molecule has 3 rings (SSSR count). The number of para-hydroxylation sites is 3. The third-order valence-electron chi connectivity index (χ3n) is 3.97. The number of anilines is 3. The van der Waals surface area contributed by atoms with Crippen molar-refractivity contribution < 1.29 is 14.3 Å². The minimum Gasteiger partial charge on any atom is -0.492 e. The number of carbonyl (C=O) groups is 2. The van der Waals surface area contributed by atoms with Crippen molar-refractivity contribution in [2.24, 2.45) is 0 Å². The molecule has 0 unspecified atom stereocenters. The van der Waals surface area contributed by atoms with Crippen LogP contribution in [0.5, 0.6) is 5.75 Å². The van der Waals surface area contributed by atoms with Crippen LogP contribution in [0, 0.1) is 0 Å². The standard InChI is InChI=1S/C23H23N3O3S/c1-2-29-21-11-7-6-10-20(21)26-22(27)16-30-19-14-12-18(13-15-19)25-23(28)24-17-8-4-3-5-9-17/h3-15H,2,16H2,1H3,(H,26,27)(H2,24,25,28). The van der Waals surface area contributed by atoms with Crippen molar-refractivity contribution in [3.05, 3.63) is 78.9 Å². The lowest BCUT2D eigenvalue weighted by Crippen LogP contribution is -2.19. The fourth-order valence-corrected chi connectivity index (χ4v) is 3.33. The fraction of sp³-hybridized carbons (Fsp3) is 0.130. The van der Waals surface area contributed by atoms with Gasteiger partial charge in [0.1, 0.15) is 5.75 Å². The van der Waals surface area contributed by atoms with E-state index in [4.69, 9.17) is 4.74 Å². The largest absolute Gasteiger partial charge is 0.492 e. The minimum absolute atomic E-state index is 0.114. The molecule has 0 fully saturated rings. The summed E-state index contributed by atoms with van der Waals surface area (Å²) >= 11 is 1.42. The van der Waals surface area contributed by atoms with E-state index in [1.54, 1.807) is 12.1 Å². The zero-order valence-electron chi connectivity index (χ0n) is 16.6. The first kappa shape index (κ1) is 21.3. The molecule has 7 heteroatoms. The number of nitrogens with one attached hydrogen (secondary N) is 3. The molecule has 0 aromatic heterocycles. The van der Waals surface area contributed by atoms with Gasteiger partial charge in [-0.2, -0.15) is 0 Å². The van der Waals surface area contributed by atoms with E-state index < -0.39 is 0 Å². The molecule has 0 heterocycles. The highest BCUT2D eigenvalue weighted by molar-refractivity contribution is 8.00. The monoisotopic (exact) mass is 421 g/mol. The van der Waals surface area contributed by atoms with Gasteiger partial charge in [-0.15, -0.1) is 11.8 Å². The Morgan fingerprint density at radius 1 is 0.800 bits per heavy atom. The Bertz CT molecular complexity index is 978. The van der Waals surface area contributed by atoms with Crippen molar-refractivity contribution in [1.29, 1.82) is 0 Å². The van der Waals surface area contributed by atoms with Gasteiger partial charge < -0.3 is 20.7 Å². The molecule has 30 heavy (non-hydrogen) atoms. The van der Waals surface area contributed by atoms with E-state index in [2.05, 4.69) is 16.0 Å². The second kappa shape index (κ2) is 10.9. The van der Waals surface area contributed by atoms with E-state index in [-0.39, 0.29) is 17.7 Å². The summed E-state index contributed by atoms with van der Waals surface area (Å²) in [5.74, 6) is 0.806. The van der Waals surface area contributed by atoms with Gasteiger partial charge in [0.15, 0.2) is 0 Å². The molecule has 3 aromatic carbocycles.